The van der Waals surface area contributed by atoms with Crippen LogP contribution in [-0.4, -0.2) is 18.3 Å². The molecule has 0 aliphatic rings. The molecular formula is C15H21NS. The molecule has 1 atom stereocenters. The van der Waals surface area contributed by atoms with Crippen LogP contribution in [0.3, 0.4) is 0 Å². The van der Waals surface area contributed by atoms with Crippen LogP contribution in [0.2, 0.25) is 0 Å². The maximum Gasteiger partial charge on any atom is 0.0271 e. The summed E-state index contributed by atoms with van der Waals surface area (Å²) in [5.41, 5.74) is 1.34. The Balaban J connectivity index is 2.46. The molecule has 0 saturated heterocycles. The van der Waals surface area contributed by atoms with Gasteiger partial charge in [0.25, 0.3) is 0 Å². The van der Waals surface area contributed by atoms with Gasteiger partial charge in [-0.1, -0.05) is 25.1 Å². The molecule has 0 bridgehead atoms. The Morgan fingerprint density at radius 1 is 1.41 bits per heavy atom. The van der Waals surface area contributed by atoms with Crippen molar-refractivity contribution in [1.29, 1.82) is 0 Å². The number of terminal acetylenes is 1. The van der Waals surface area contributed by atoms with E-state index in [4.69, 9.17) is 6.42 Å². The van der Waals surface area contributed by atoms with Crippen molar-refractivity contribution >= 4 is 11.8 Å². The Kier molecular flexibility index (Phi) is 6.84. The molecule has 1 nitrogen and oxygen atoms in total. The van der Waals surface area contributed by atoms with Crippen molar-refractivity contribution in [3.8, 4) is 12.3 Å². The van der Waals surface area contributed by atoms with Gasteiger partial charge in [-0.05, 0) is 31.5 Å². The van der Waals surface area contributed by atoms with Crippen molar-refractivity contribution in [1.82, 2.24) is 5.32 Å². The van der Waals surface area contributed by atoms with E-state index in [1.165, 1.54) is 10.5 Å². The van der Waals surface area contributed by atoms with E-state index in [1.54, 1.807) is 0 Å². The average Bonchev–Trinajstić information content (AvgIpc) is 2.34. The van der Waals surface area contributed by atoms with Gasteiger partial charge in [0.05, 0.1) is 0 Å². The highest BCUT2D eigenvalue weighted by atomic mass is 32.2. The van der Waals surface area contributed by atoms with Gasteiger partial charge in [-0.15, -0.1) is 24.1 Å². The fraction of sp³-hybridized carbons (Fsp3) is 0.467. The summed E-state index contributed by atoms with van der Waals surface area (Å²) < 4.78 is 0. The second-order valence-corrected chi connectivity index (χ2v) is 5.20. The van der Waals surface area contributed by atoms with Gasteiger partial charge in [0.15, 0.2) is 0 Å². The van der Waals surface area contributed by atoms with Crippen LogP contribution in [0.5, 0.6) is 0 Å². The summed E-state index contributed by atoms with van der Waals surface area (Å²) in [5.74, 6) is 3.79. The SMILES string of the molecule is C#CCC(CSc1ccccc1C)NCCC. The molecule has 2 heteroatoms. The number of rotatable bonds is 7. The first-order chi connectivity index (χ1) is 8.27. The molecule has 1 rings (SSSR count). The van der Waals surface area contributed by atoms with E-state index in [0.29, 0.717) is 6.04 Å². The fourth-order valence-corrected chi connectivity index (χ4v) is 2.68. The highest BCUT2D eigenvalue weighted by molar-refractivity contribution is 7.99. The Morgan fingerprint density at radius 2 is 2.18 bits per heavy atom. The van der Waals surface area contributed by atoms with Crippen LogP contribution in [-0.2, 0) is 0 Å². The third-order valence-corrected chi connectivity index (χ3v) is 3.92. The van der Waals surface area contributed by atoms with Gasteiger partial charge in [-0.3, -0.25) is 0 Å². The Labute approximate surface area is 109 Å². The number of aryl methyl sites for hydroxylation is 1. The Bertz CT molecular complexity index is 367. The van der Waals surface area contributed by atoms with Crippen LogP contribution in [0.15, 0.2) is 29.2 Å². The van der Waals surface area contributed by atoms with E-state index >= 15 is 0 Å². The van der Waals surface area contributed by atoms with Gasteiger partial charge in [-0.2, -0.15) is 0 Å². The van der Waals surface area contributed by atoms with Gasteiger partial charge in [0, 0.05) is 23.1 Å². The van der Waals surface area contributed by atoms with Crippen molar-refractivity contribution < 1.29 is 0 Å². The molecule has 0 heterocycles. The largest absolute Gasteiger partial charge is 0.312 e. The molecule has 1 aromatic rings. The van der Waals surface area contributed by atoms with E-state index in [9.17, 15) is 0 Å². The molecule has 0 aliphatic carbocycles. The van der Waals surface area contributed by atoms with Crippen molar-refractivity contribution in [2.24, 2.45) is 0 Å². The van der Waals surface area contributed by atoms with E-state index in [2.05, 4.69) is 49.4 Å². The van der Waals surface area contributed by atoms with E-state index in [0.717, 1.165) is 25.1 Å². The van der Waals surface area contributed by atoms with E-state index in [1.807, 2.05) is 11.8 Å². The quantitative estimate of drug-likeness (QED) is 0.585. The molecule has 1 aromatic carbocycles. The van der Waals surface area contributed by atoms with Gasteiger partial charge >= 0.3 is 0 Å². The molecule has 0 spiro atoms. The zero-order chi connectivity index (χ0) is 12.5. The normalized spacial score (nSPS) is 12.1. The number of thioether (sulfide) groups is 1. The first-order valence-electron chi connectivity index (χ1n) is 6.13. The van der Waals surface area contributed by atoms with Gasteiger partial charge < -0.3 is 5.32 Å². The zero-order valence-corrected chi connectivity index (χ0v) is 11.5. The van der Waals surface area contributed by atoms with Crippen LogP contribution in [0.1, 0.15) is 25.3 Å². The fourth-order valence-electron chi connectivity index (χ4n) is 1.59. The number of hydrogen-bond acceptors (Lipinski definition) is 2. The lowest BCUT2D eigenvalue weighted by molar-refractivity contribution is 0.563. The topological polar surface area (TPSA) is 12.0 Å². The molecule has 92 valence electrons. The lowest BCUT2D eigenvalue weighted by Gasteiger charge is -2.16. The maximum atomic E-state index is 5.40. The van der Waals surface area contributed by atoms with Crippen LogP contribution in [0.4, 0.5) is 0 Å². The standard InChI is InChI=1S/C15H21NS/c1-4-8-14(16-11-5-2)12-17-15-10-7-6-9-13(15)3/h1,6-7,9-10,14,16H,5,8,11-12H2,2-3H3. The van der Waals surface area contributed by atoms with Crippen molar-refractivity contribution in [2.45, 2.75) is 37.6 Å². The minimum absolute atomic E-state index is 0.421. The summed E-state index contributed by atoms with van der Waals surface area (Å²) in [5, 5.41) is 3.50. The molecule has 0 amide bonds. The first kappa shape index (κ1) is 14.2. The Morgan fingerprint density at radius 3 is 2.82 bits per heavy atom. The van der Waals surface area contributed by atoms with E-state index in [-0.39, 0.29) is 0 Å². The van der Waals surface area contributed by atoms with Crippen LogP contribution >= 0.6 is 11.8 Å². The third-order valence-electron chi connectivity index (χ3n) is 2.58. The molecule has 0 saturated carbocycles. The predicted octanol–water partition coefficient (Wildman–Crippen LogP) is 3.48. The third kappa shape index (κ3) is 5.30. The minimum Gasteiger partial charge on any atom is -0.312 e. The van der Waals surface area contributed by atoms with Gasteiger partial charge in [0.2, 0.25) is 0 Å². The Hall–Kier alpha value is -0.910. The van der Waals surface area contributed by atoms with Crippen LogP contribution in [0.25, 0.3) is 0 Å². The summed E-state index contributed by atoms with van der Waals surface area (Å²) in [6.07, 6.45) is 7.35. The monoisotopic (exact) mass is 247 g/mol. The summed E-state index contributed by atoms with van der Waals surface area (Å²) in [7, 11) is 0. The summed E-state index contributed by atoms with van der Waals surface area (Å²) in [6.45, 7) is 5.37. The molecule has 17 heavy (non-hydrogen) atoms. The molecule has 0 aliphatic heterocycles. The molecule has 0 radical (unpaired) electrons. The predicted molar refractivity (Wildman–Crippen MR) is 77.4 cm³/mol. The first-order valence-corrected chi connectivity index (χ1v) is 7.11. The van der Waals surface area contributed by atoms with Crippen LogP contribution < -0.4 is 5.32 Å². The lowest BCUT2D eigenvalue weighted by atomic mass is 10.2. The lowest BCUT2D eigenvalue weighted by Crippen LogP contribution is -2.31. The summed E-state index contributed by atoms with van der Waals surface area (Å²) >= 11 is 1.89. The summed E-state index contributed by atoms with van der Waals surface area (Å²) in [6, 6.07) is 8.91. The van der Waals surface area contributed by atoms with Gasteiger partial charge in [0.1, 0.15) is 0 Å². The molecular weight excluding hydrogens is 226 g/mol. The smallest absolute Gasteiger partial charge is 0.0271 e. The second-order valence-electron chi connectivity index (χ2n) is 4.14. The van der Waals surface area contributed by atoms with Crippen molar-refractivity contribution in [2.75, 3.05) is 12.3 Å². The molecule has 0 fully saturated rings. The number of benzene rings is 1. The van der Waals surface area contributed by atoms with Crippen LogP contribution in [0, 0.1) is 19.3 Å². The average molecular weight is 247 g/mol. The molecule has 1 unspecified atom stereocenters. The summed E-state index contributed by atoms with van der Waals surface area (Å²) in [4.78, 5) is 1.35. The van der Waals surface area contributed by atoms with E-state index < -0.39 is 0 Å². The maximum absolute atomic E-state index is 5.40. The molecule has 0 aromatic heterocycles. The number of hydrogen-bond donors (Lipinski definition) is 1. The molecule has 1 N–H and O–H groups in total. The minimum atomic E-state index is 0.421. The van der Waals surface area contributed by atoms with Crippen molar-refractivity contribution in [3.05, 3.63) is 29.8 Å². The second kappa shape index (κ2) is 8.22. The van der Waals surface area contributed by atoms with Gasteiger partial charge in [-0.25, -0.2) is 0 Å². The number of nitrogens with one attached hydrogen (secondary N) is 1. The van der Waals surface area contributed by atoms with Crippen molar-refractivity contribution in [3.63, 3.8) is 0 Å². The highest BCUT2D eigenvalue weighted by Crippen LogP contribution is 2.22. The highest BCUT2D eigenvalue weighted by Gasteiger charge is 2.07. The zero-order valence-electron chi connectivity index (χ0n) is 10.7.